The largest absolute Gasteiger partial charge is 0.490 e. The van der Waals surface area contributed by atoms with E-state index in [1.54, 1.807) is 11.1 Å². The molecule has 5 heterocycles. The van der Waals surface area contributed by atoms with Gasteiger partial charge in [-0.15, -0.1) is 0 Å². The third kappa shape index (κ3) is 5.52. The zero-order valence-electron chi connectivity index (χ0n) is 24.8. The maximum atomic E-state index is 13.8. The summed E-state index contributed by atoms with van der Waals surface area (Å²) in [5.41, 5.74) is 6.97. The topological polar surface area (TPSA) is 128 Å². The number of benzene rings is 1. The quantitative estimate of drug-likeness (QED) is 0.207. The van der Waals surface area contributed by atoms with Crippen molar-refractivity contribution in [2.24, 2.45) is 16.8 Å². The number of H-pyrrole nitrogens is 1. The molecule has 2 fully saturated rings. The number of aliphatic hydroxyl groups excluding tert-OH is 1. The van der Waals surface area contributed by atoms with Gasteiger partial charge in [0.15, 0.2) is 5.71 Å². The van der Waals surface area contributed by atoms with Crippen molar-refractivity contribution >= 4 is 28.3 Å². The number of hydrogen-bond acceptors (Lipinski definition) is 8. The molecule has 226 valence electrons. The molecular formula is C34H37N7O3. The lowest BCUT2D eigenvalue weighted by Crippen LogP contribution is -2.38. The van der Waals surface area contributed by atoms with Gasteiger partial charge in [-0.05, 0) is 72.8 Å². The van der Waals surface area contributed by atoms with Gasteiger partial charge < -0.3 is 30.4 Å². The van der Waals surface area contributed by atoms with Gasteiger partial charge in [-0.2, -0.15) is 0 Å². The van der Waals surface area contributed by atoms with Crippen LogP contribution in [0.1, 0.15) is 24.0 Å². The highest BCUT2D eigenvalue weighted by atomic mass is 16.5. The zero-order valence-corrected chi connectivity index (χ0v) is 24.8. The lowest BCUT2D eigenvalue weighted by atomic mass is 9.96. The van der Waals surface area contributed by atoms with E-state index in [4.69, 9.17) is 14.7 Å². The molecule has 44 heavy (non-hydrogen) atoms. The molecule has 3 aromatic heterocycles. The van der Waals surface area contributed by atoms with Gasteiger partial charge in [-0.1, -0.05) is 18.2 Å². The highest BCUT2D eigenvalue weighted by Crippen LogP contribution is 2.41. The van der Waals surface area contributed by atoms with E-state index in [2.05, 4.69) is 32.7 Å². The normalized spacial score (nSPS) is 18.5. The summed E-state index contributed by atoms with van der Waals surface area (Å²) in [7, 11) is 1.94. The average molecular weight is 592 g/mol. The van der Waals surface area contributed by atoms with Gasteiger partial charge in [-0.3, -0.25) is 14.8 Å². The van der Waals surface area contributed by atoms with Crippen molar-refractivity contribution in [2.45, 2.75) is 26.0 Å². The Morgan fingerprint density at radius 1 is 1.11 bits per heavy atom. The number of pyridine rings is 2. The molecule has 1 saturated heterocycles. The van der Waals surface area contributed by atoms with E-state index in [9.17, 15) is 9.90 Å². The Bertz CT molecular complexity index is 1740. The summed E-state index contributed by atoms with van der Waals surface area (Å²) in [5.74, 6) is 1.42. The SMILES string of the molecule is CNCCNCc1ccc(-c2cc3c(-c4cccc(N5CCOC6=CC(C7CC7)CN=C6C5=O)c4CO)ccnc3[nH]2)nc1. The lowest BCUT2D eigenvalue weighted by Gasteiger charge is -2.25. The van der Waals surface area contributed by atoms with Crippen molar-refractivity contribution < 1.29 is 14.6 Å². The third-order valence-electron chi connectivity index (χ3n) is 8.71. The van der Waals surface area contributed by atoms with Gasteiger partial charge in [0.1, 0.15) is 18.0 Å². The Morgan fingerprint density at radius 2 is 2.02 bits per heavy atom. The number of aliphatic hydroxyl groups is 1. The van der Waals surface area contributed by atoms with Crippen LogP contribution in [0.15, 0.2) is 71.7 Å². The predicted molar refractivity (Wildman–Crippen MR) is 171 cm³/mol. The van der Waals surface area contributed by atoms with Crippen molar-refractivity contribution in [1.82, 2.24) is 25.6 Å². The standard InChI is InChI=1S/C34H37N7O3/c1-35-11-12-36-17-21-5-8-28(38-18-21)29-16-26-25(9-10-37-33(26)40-29)24-3-2-4-30(27(24)20-42)41-13-14-44-31-15-23(22-6-7-22)19-39-32(31)34(41)43/h2-5,8-10,15-16,18,22-23,35-36,42H,6-7,11-14,17,19-20H2,1H3,(H,37,40). The van der Waals surface area contributed by atoms with E-state index in [0.717, 1.165) is 58.7 Å². The van der Waals surface area contributed by atoms with Crippen LogP contribution in [0.2, 0.25) is 0 Å². The number of aliphatic imine (C=N–C) groups is 1. The van der Waals surface area contributed by atoms with Gasteiger partial charge >= 0.3 is 0 Å². The first kappa shape index (κ1) is 28.4. The Labute approximate surface area is 256 Å². The van der Waals surface area contributed by atoms with E-state index < -0.39 is 0 Å². The molecule has 0 radical (unpaired) electrons. The van der Waals surface area contributed by atoms with Crippen LogP contribution in [0.4, 0.5) is 5.69 Å². The molecule has 2 aliphatic heterocycles. The van der Waals surface area contributed by atoms with Gasteiger partial charge in [0.2, 0.25) is 0 Å². The number of dihydropyridines is 1. The Morgan fingerprint density at radius 3 is 2.82 bits per heavy atom. The van der Waals surface area contributed by atoms with Gasteiger partial charge in [0.05, 0.1) is 30.2 Å². The highest BCUT2D eigenvalue weighted by molar-refractivity contribution is 6.49. The van der Waals surface area contributed by atoms with E-state index in [0.29, 0.717) is 54.3 Å². The summed E-state index contributed by atoms with van der Waals surface area (Å²) >= 11 is 0. The van der Waals surface area contributed by atoms with Crippen molar-refractivity contribution in [3.05, 3.63) is 77.8 Å². The van der Waals surface area contributed by atoms with Crippen LogP contribution in [0.5, 0.6) is 0 Å². The molecule has 1 aliphatic carbocycles. The summed E-state index contributed by atoms with van der Waals surface area (Å²) in [6, 6.07) is 13.9. The zero-order chi connectivity index (χ0) is 30.0. The maximum Gasteiger partial charge on any atom is 0.280 e. The number of aromatic nitrogens is 3. The van der Waals surface area contributed by atoms with E-state index in [1.165, 1.54) is 12.8 Å². The van der Waals surface area contributed by atoms with Crippen molar-refractivity contribution in [3.63, 3.8) is 0 Å². The number of carbonyl (C=O) groups excluding carboxylic acids is 1. The van der Waals surface area contributed by atoms with Crippen molar-refractivity contribution in [3.8, 4) is 22.5 Å². The molecular weight excluding hydrogens is 554 g/mol. The smallest absolute Gasteiger partial charge is 0.280 e. The van der Waals surface area contributed by atoms with Crippen LogP contribution in [0.25, 0.3) is 33.5 Å². The molecule has 3 aliphatic rings. The number of carbonyl (C=O) groups is 1. The second-order valence-corrected chi connectivity index (χ2v) is 11.6. The van der Waals surface area contributed by atoms with Crippen LogP contribution in [0, 0.1) is 11.8 Å². The second-order valence-electron chi connectivity index (χ2n) is 11.6. The van der Waals surface area contributed by atoms with Crippen molar-refractivity contribution in [1.29, 1.82) is 0 Å². The highest BCUT2D eigenvalue weighted by Gasteiger charge is 2.37. The van der Waals surface area contributed by atoms with Crippen LogP contribution >= 0.6 is 0 Å². The summed E-state index contributed by atoms with van der Waals surface area (Å²) in [5, 5.41) is 18.1. The van der Waals surface area contributed by atoms with Crippen LogP contribution < -0.4 is 15.5 Å². The molecule has 1 amide bonds. The molecule has 7 rings (SSSR count). The number of amides is 1. The molecule has 0 spiro atoms. The first-order valence-corrected chi connectivity index (χ1v) is 15.4. The van der Waals surface area contributed by atoms with E-state index >= 15 is 0 Å². The minimum Gasteiger partial charge on any atom is -0.490 e. The number of aromatic amines is 1. The maximum absolute atomic E-state index is 13.8. The summed E-state index contributed by atoms with van der Waals surface area (Å²) in [4.78, 5) is 32.9. The minimum atomic E-state index is -0.235. The van der Waals surface area contributed by atoms with Crippen LogP contribution in [0.3, 0.4) is 0 Å². The monoisotopic (exact) mass is 591 g/mol. The number of nitrogens with one attached hydrogen (secondary N) is 3. The van der Waals surface area contributed by atoms with Crippen LogP contribution in [-0.2, 0) is 22.7 Å². The summed E-state index contributed by atoms with van der Waals surface area (Å²) in [6.07, 6.45) is 8.19. The van der Waals surface area contributed by atoms with Gasteiger partial charge in [-0.25, -0.2) is 4.98 Å². The number of ether oxygens (including phenoxy) is 1. The van der Waals surface area contributed by atoms with Gasteiger partial charge in [0, 0.05) is 55.4 Å². The predicted octanol–water partition coefficient (Wildman–Crippen LogP) is 3.82. The molecule has 1 atom stereocenters. The first-order valence-electron chi connectivity index (χ1n) is 15.4. The number of anilines is 1. The van der Waals surface area contributed by atoms with Gasteiger partial charge in [0.25, 0.3) is 5.91 Å². The van der Waals surface area contributed by atoms with E-state index in [1.807, 2.05) is 49.6 Å². The molecule has 10 nitrogen and oxygen atoms in total. The third-order valence-corrected chi connectivity index (χ3v) is 8.71. The Kier molecular flexibility index (Phi) is 7.95. The summed E-state index contributed by atoms with van der Waals surface area (Å²) in [6.45, 7) is 3.67. The minimum absolute atomic E-state index is 0.189. The molecule has 0 bridgehead atoms. The Hall–Kier alpha value is -4.38. The number of nitrogens with zero attached hydrogens (tertiary/aromatic N) is 4. The Balaban J connectivity index is 1.19. The molecule has 1 aromatic carbocycles. The van der Waals surface area contributed by atoms with Crippen LogP contribution in [-0.4, -0.2) is 71.5 Å². The fourth-order valence-electron chi connectivity index (χ4n) is 6.19. The lowest BCUT2D eigenvalue weighted by molar-refractivity contribution is -0.112. The van der Waals surface area contributed by atoms with Crippen molar-refractivity contribution in [2.75, 3.05) is 44.7 Å². The first-order chi connectivity index (χ1) is 21.6. The molecule has 1 unspecified atom stereocenters. The molecule has 4 N–H and O–H groups in total. The average Bonchev–Trinajstić information content (AvgIpc) is 3.84. The number of hydrogen-bond donors (Lipinski definition) is 4. The van der Waals surface area contributed by atoms with E-state index in [-0.39, 0.29) is 12.5 Å². The number of fused-ring (bicyclic) bond motifs is 2. The molecule has 4 aromatic rings. The number of likely N-dealkylation sites (N-methyl/N-ethyl adjacent to an activating group) is 1. The number of rotatable bonds is 10. The molecule has 10 heteroatoms. The summed E-state index contributed by atoms with van der Waals surface area (Å²) < 4.78 is 6.05. The second kappa shape index (κ2) is 12.3. The fraction of sp³-hybridized carbons (Fsp3) is 0.353. The molecule has 1 saturated carbocycles. The fourth-order valence-corrected chi connectivity index (χ4v) is 6.19.